The zero-order valence-electron chi connectivity index (χ0n) is 11.4. The summed E-state index contributed by atoms with van der Waals surface area (Å²) in [6.45, 7) is 4.95. The average molecular weight is 267 g/mol. The van der Waals surface area contributed by atoms with Crippen molar-refractivity contribution in [3.63, 3.8) is 0 Å². The summed E-state index contributed by atoms with van der Waals surface area (Å²) in [5, 5.41) is 10.8. The SMILES string of the molecule is CCCO[C@H]1CCCN(C(=O)CCn2cnnn2)C1. The highest BCUT2D eigenvalue weighted by atomic mass is 16.5. The zero-order chi connectivity index (χ0) is 13.5. The lowest BCUT2D eigenvalue weighted by molar-refractivity contribution is -0.135. The number of tetrazole rings is 1. The van der Waals surface area contributed by atoms with Gasteiger partial charge in [0.25, 0.3) is 0 Å². The molecule has 2 heterocycles. The molecule has 0 bridgehead atoms. The van der Waals surface area contributed by atoms with Gasteiger partial charge in [-0.1, -0.05) is 6.92 Å². The lowest BCUT2D eigenvalue weighted by Gasteiger charge is -2.32. The van der Waals surface area contributed by atoms with Crippen molar-refractivity contribution >= 4 is 5.91 Å². The van der Waals surface area contributed by atoms with Gasteiger partial charge in [0.05, 0.1) is 12.6 Å². The minimum Gasteiger partial charge on any atom is -0.376 e. The van der Waals surface area contributed by atoms with Crippen LogP contribution in [0.25, 0.3) is 0 Å². The third-order valence-corrected chi connectivity index (χ3v) is 3.23. The number of aromatic nitrogens is 4. The number of carbonyl (C=O) groups excluding carboxylic acids is 1. The van der Waals surface area contributed by atoms with Crippen LogP contribution in [0, 0.1) is 0 Å². The van der Waals surface area contributed by atoms with Gasteiger partial charge in [0, 0.05) is 26.1 Å². The van der Waals surface area contributed by atoms with E-state index < -0.39 is 0 Å². The largest absolute Gasteiger partial charge is 0.376 e. The Morgan fingerprint density at radius 2 is 2.42 bits per heavy atom. The number of hydrogen-bond donors (Lipinski definition) is 0. The van der Waals surface area contributed by atoms with Gasteiger partial charge in [-0.05, 0) is 29.7 Å². The van der Waals surface area contributed by atoms with Crippen LogP contribution in [0.3, 0.4) is 0 Å². The molecule has 1 aliphatic rings. The van der Waals surface area contributed by atoms with Crippen molar-refractivity contribution in [3.8, 4) is 0 Å². The molecule has 1 fully saturated rings. The lowest BCUT2D eigenvalue weighted by atomic mass is 10.1. The molecule has 0 N–H and O–H groups in total. The average Bonchev–Trinajstić information content (AvgIpc) is 2.96. The standard InChI is InChI=1S/C12H21N5O2/c1-2-8-19-11-4-3-6-16(9-11)12(18)5-7-17-10-13-14-15-17/h10-11H,2-9H2,1H3/t11-/m0/s1. The first-order valence-electron chi connectivity index (χ1n) is 6.89. The topological polar surface area (TPSA) is 73.1 Å². The maximum absolute atomic E-state index is 12.1. The zero-order valence-corrected chi connectivity index (χ0v) is 11.4. The van der Waals surface area contributed by atoms with E-state index in [0.29, 0.717) is 19.5 Å². The van der Waals surface area contributed by atoms with E-state index in [-0.39, 0.29) is 12.0 Å². The molecule has 0 saturated carbocycles. The Morgan fingerprint density at radius 3 is 3.16 bits per heavy atom. The van der Waals surface area contributed by atoms with Crippen LogP contribution in [0.5, 0.6) is 0 Å². The van der Waals surface area contributed by atoms with Crippen LogP contribution >= 0.6 is 0 Å². The van der Waals surface area contributed by atoms with Crippen LogP contribution < -0.4 is 0 Å². The summed E-state index contributed by atoms with van der Waals surface area (Å²) < 4.78 is 7.31. The van der Waals surface area contributed by atoms with Gasteiger partial charge in [-0.15, -0.1) is 5.10 Å². The summed E-state index contributed by atoms with van der Waals surface area (Å²) in [6, 6.07) is 0. The Bertz CT molecular complexity index is 381. The predicted octanol–water partition coefficient (Wildman–Crippen LogP) is 0.481. The molecule has 0 spiro atoms. The second-order valence-electron chi connectivity index (χ2n) is 4.80. The highest BCUT2D eigenvalue weighted by Gasteiger charge is 2.23. The first-order chi connectivity index (χ1) is 9.29. The van der Waals surface area contributed by atoms with Crippen LogP contribution in [-0.2, 0) is 16.1 Å². The molecule has 1 aromatic rings. The lowest BCUT2D eigenvalue weighted by Crippen LogP contribution is -2.43. The summed E-state index contributed by atoms with van der Waals surface area (Å²) in [7, 11) is 0. The van der Waals surface area contributed by atoms with E-state index in [1.54, 1.807) is 4.68 Å². The number of nitrogens with zero attached hydrogens (tertiary/aromatic N) is 5. The highest BCUT2D eigenvalue weighted by molar-refractivity contribution is 5.76. The fourth-order valence-electron chi connectivity index (χ4n) is 2.24. The van der Waals surface area contributed by atoms with Crippen molar-refractivity contribution in [2.24, 2.45) is 0 Å². The van der Waals surface area contributed by atoms with E-state index >= 15 is 0 Å². The second kappa shape index (κ2) is 7.18. The Kier molecular flexibility index (Phi) is 5.26. The van der Waals surface area contributed by atoms with Crippen molar-refractivity contribution in [3.05, 3.63) is 6.33 Å². The quantitative estimate of drug-likeness (QED) is 0.749. The number of amides is 1. The number of piperidine rings is 1. The Hall–Kier alpha value is -1.50. The minimum absolute atomic E-state index is 0.153. The first-order valence-corrected chi connectivity index (χ1v) is 6.89. The van der Waals surface area contributed by atoms with Crippen molar-refractivity contribution in [2.45, 2.75) is 45.3 Å². The van der Waals surface area contributed by atoms with Gasteiger partial charge in [0.15, 0.2) is 0 Å². The number of aryl methyl sites for hydroxylation is 1. The second-order valence-corrected chi connectivity index (χ2v) is 4.80. The third-order valence-electron chi connectivity index (χ3n) is 3.23. The predicted molar refractivity (Wildman–Crippen MR) is 68.3 cm³/mol. The molecule has 19 heavy (non-hydrogen) atoms. The van der Waals surface area contributed by atoms with Crippen molar-refractivity contribution < 1.29 is 9.53 Å². The van der Waals surface area contributed by atoms with E-state index in [4.69, 9.17) is 4.74 Å². The van der Waals surface area contributed by atoms with E-state index in [9.17, 15) is 4.79 Å². The van der Waals surface area contributed by atoms with Gasteiger partial charge in [-0.3, -0.25) is 4.79 Å². The van der Waals surface area contributed by atoms with Crippen LogP contribution in [-0.4, -0.2) is 56.8 Å². The molecule has 1 saturated heterocycles. The number of carbonyl (C=O) groups is 1. The normalized spacial score (nSPS) is 19.6. The molecule has 2 rings (SSSR count). The van der Waals surface area contributed by atoms with Gasteiger partial charge in [0.1, 0.15) is 6.33 Å². The molecule has 1 aromatic heterocycles. The molecular weight excluding hydrogens is 246 g/mol. The number of likely N-dealkylation sites (tertiary alicyclic amines) is 1. The van der Waals surface area contributed by atoms with Crippen LogP contribution in [0.1, 0.15) is 32.6 Å². The highest BCUT2D eigenvalue weighted by Crippen LogP contribution is 2.14. The summed E-state index contributed by atoms with van der Waals surface area (Å²) >= 11 is 0. The van der Waals surface area contributed by atoms with Crippen LogP contribution in [0.2, 0.25) is 0 Å². The van der Waals surface area contributed by atoms with Crippen LogP contribution in [0.4, 0.5) is 0 Å². The fraction of sp³-hybridized carbons (Fsp3) is 0.833. The maximum atomic E-state index is 12.1. The van der Waals surface area contributed by atoms with Gasteiger partial charge in [-0.25, -0.2) is 4.68 Å². The van der Waals surface area contributed by atoms with Crippen molar-refractivity contribution in [1.82, 2.24) is 25.1 Å². The fourth-order valence-corrected chi connectivity index (χ4v) is 2.24. The van der Waals surface area contributed by atoms with Crippen molar-refractivity contribution in [2.75, 3.05) is 19.7 Å². The molecule has 1 aliphatic heterocycles. The number of ether oxygens (including phenoxy) is 1. The first kappa shape index (κ1) is 13.9. The summed E-state index contributed by atoms with van der Waals surface area (Å²) in [5.41, 5.74) is 0. The van der Waals surface area contributed by atoms with Gasteiger partial charge in [-0.2, -0.15) is 0 Å². The minimum atomic E-state index is 0.153. The molecule has 0 radical (unpaired) electrons. The van der Waals surface area contributed by atoms with E-state index in [2.05, 4.69) is 22.4 Å². The molecule has 7 heteroatoms. The Morgan fingerprint density at radius 1 is 1.53 bits per heavy atom. The summed E-state index contributed by atoms with van der Waals surface area (Å²) in [5.74, 6) is 0.153. The Balaban J connectivity index is 1.75. The molecule has 7 nitrogen and oxygen atoms in total. The third kappa shape index (κ3) is 4.27. The van der Waals surface area contributed by atoms with Gasteiger partial charge in [0.2, 0.25) is 5.91 Å². The molecule has 1 atom stereocenters. The van der Waals surface area contributed by atoms with Crippen molar-refractivity contribution in [1.29, 1.82) is 0 Å². The molecule has 0 unspecified atom stereocenters. The summed E-state index contributed by atoms with van der Waals surface area (Å²) in [4.78, 5) is 14.0. The van der Waals surface area contributed by atoms with E-state index in [1.807, 2.05) is 4.90 Å². The van der Waals surface area contributed by atoms with Gasteiger partial charge < -0.3 is 9.64 Å². The van der Waals surface area contributed by atoms with Crippen LogP contribution in [0.15, 0.2) is 6.33 Å². The monoisotopic (exact) mass is 267 g/mol. The number of hydrogen-bond acceptors (Lipinski definition) is 5. The van der Waals surface area contributed by atoms with Gasteiger partial charge >= 0.3 is 0 Å². The maximum Gasteiger partial charge on any atom is 0.224 e. The smallest absolute Gasteiger partial charge is 0.224 e. The molecule has 106 valence electrons. The molecule has 1 amide bonds. The number of rotatable bonds is 6. The Labute approximate surface area is 112 Å². The summed E-state index contributed by atoms with van der Waals surface area (Å²) in [6.07, 6.45) is 5.25. The molecular formula is C12H21N5O2. The van der Waals surface area contributed by atoms with E-state index in [0.717, 1.165) is 32.4 Å². The molecule has 0 aliphatic carbocycles. The van der Waals surface area contributed by atoms with E-state index in [1.165, 1.54) is 6.33 Å². The molecule has 0 aromatic carbocycles.